The molecular weight excluding hydrogens is 760 g/mol. The van der Waals surface area contributed by atoms with Gasteiger partial charge in [-0.05, 0) is 67.3 Å². The third-order valence-corrected chi connectivity index (χ3v) is 12.4. The third kappa shape index (κ3) is 12.3. The summed E-state index contributed by atoms with van der Waals surface area (Å²) < 4.78 is 48.1. The highest BCUT2D eigenvalue weighted by Crippen LogP contribution is 2.41. The minimum atomic E-state index is -1.97. The van der Waals surface area contributed by atoms with Gasteiger partial charge in [0.25, 0.3) is 0 Å². The molecule has 3 aliphatic rings. The van der Waals surface area contributed by atoms with E-state index in [-0.39, 0.29) is 44.8 Å². The highest BCUT2D eigenvalue weighted by Gasteiger charge is 2.53. The van der Waals surface area contributed by atoms with Gasteiger partial charge in [-0.1, -0.05) is 39.8 Å². The fraction of sp³-hybridized carbons (Fsp3) is 0.951. The molecule has 3 saturated heterocycles. The molecule has 3 rings (SSSR count). The molecule has 0 amide bonds. The zero-order valence-electron chi connectivity index (χ0n) is 37.1. The molecule has 0 aromatic rings. The van der Waals surface area contributed by atoms with Crippen molar-refractivity contribution in [3.8, 4) is 0 Å². The van der Waals surface area contributed by atoms with E-state index in [2.05, 4.69) is 10.5 Å². The molecule has 17 heteroatoms. The number of rotatable bonds is 14. The van der Waals surface area contributed by atoms with Crippen LogP contribution in [0.3, 0.4) is 0 Å². The molecule has 3 heterocycles. The molecule has 6 N–H and O–H groups in total. The molecule has 18 atom stereocenters. The summed E-state index contributed by atoms with van der Waals surface area (Å²) in [6.07, 6.45) is -9.52. The molecule has 0 bridgehead atoms. The Hall–Kier alpha value is -1.58. The zero-order valence-corrected chi connectivity index (χ0v) is 37.1. The topological polar surface area (TPSA) is 226 Å². The van der Waals surface area contributed by atoms with E-state index in [1.54, 1.807) is 55.6 Å². The van der Waals surface area contributed by atoms with Crippen LogP contribution in [0.2, 0.25) is 0 Å². The number of carbonyl (C=O) groups excluding carboxylic acids is 1. The quantitative estimate of drug-likeness (QED) is 0.0639. The average Bonchev–Trinajstić information content (AvgIpc) is 3.16. The Morgan fingerprint density at radius 2 is 1.57 bits per heavy atom. The number of esters is 1. The first-order valence-electron chi connectivity index (χ1n) is 21.0. The van der Waals surface area contributed by atoms with Crippen molar-refractivity contribution in [3.05, 3.63) is 0 Å². The van der Waals surface area contributed by atoms with Crippen molar-refractivity contribution in [2.24, 2.45) is 28.8 Å². The van der Waals surface area contributed by atoms with Crippen LogP contribution in [-0.4, -0.2) is 162 Å². The van der Waals surface area contributed by atoms with Crippen LogP contribution in [0.25, 0.3) is 0 Å². The Morgan fingerprint density at radius 3 is 2.17 bits per heavy atom. The first kappa shape index (κ1) is 50.8. The SMILES string of the molecule is CCN[C@H]1C[C@@H](C)O[C@@H](O[C@@H]2[C@@H](C)[C@H](O[C@H]3C[C@@](C)(OC)[C@@H](O)[C@H](C)O3)[C@@H](C)C(=O)O[C@H](CC)[C@@](C)(O)[C@H](O)[C@@H](C)/C(=N/OCOCCOC)[C@H](C)C[C@@]2(C)O)[C@@H]1O. The molecule has 0 aromatic heterocycles. The van der Waals surface area contributed by atoms with Crippen LogP contribution in [0.1, 0.15) is 102 Å². The number of oxime groups is 1. The van der Waals surface area contributed by atoms with Crippen molar-refractivity contribution < 1.29 is 73.1 Å². The normalized spacial score (nSPS) is 45.7. The Morgan fingerprint density at radius 1 is 0.897 bits per heavy atom. The number of likely N-dealkylation sites (N-methyl/N-ethyl adjacent to an activating group) is 1. The van der Waals surface area contributed by atoms with Crippen LogP contribution >= 0.6 is 0 Å². The number of hydrogen-bond donors (Lipinski definition) is 6. The van der Waals surface area contributed by atoms with Crippen molar-refractivity contribution >= 4 is 11.7 Å². The van der Waals surface area contributed by atoms with Crippen LogP contribution in [0, 0.1) is 23.7 Å². The van der Waals surface area contributed by atoms with Gasteiger partial charge in [-0.15, -0.1) is 0 Å². The van der Waals surface area contributed by atoms with Gasteiger partial charge in [0.05, 0.1) is 66.6 Å². The summed E-state index contributed by atoms with van der Waals surface area (Å²) in [6.45, 7) is 19.8. The van der Waals surface area contributed by atoms with Gasteiger partial charge in [0.15, 0.2) is 12.6 Å². The molecular formula is C41H76N2O15. The zero-order chi connectivity index (χ0) is 43.7. The van der Waals surface area contributed by atoms with Crippen molar-refractivity contribution in [1.29, 1.82) is 0 Å². The Labute approximate surface area is 345 Å². The second-order valence-electron chi connectivity index (χ2n) is 17.4. The molecule has 0 aromatic carbocycles. The molecule has 3 aliphatic heterocycles. The van der Waals surface area contributed by atoms with E-state index in [1.807, 2.05) is 20.8 Å². The summed E-state index contributed by atoms with van der Waals surface area (Å²) >= 11 is 0. The molecule has 340 valence electrons. The number of methoxy groups -OCH3 is 2. The van der Waals surface area contributed by atoms with Gasteiger partial charge < -0.3 is 73.6 Å². The molecule has 0 aliphatic carbocycles. The predicted octanol–water partition coefficient (Wildman–Crippen LogP) is 2.26. The maximum Gasteiger partial charge on any atom is 0.311 e. The first-order valence-corrected chi connectivity index (χ1v) is 21.0. The summed E-state index contributed by atoms with van der Waals surface area (Å²) in [5.41, 5.74) is -4.49. The number of aliphatic hydroxyl groups excluding tert-OH is 3. The number of nitrogens with zero attached hydrogens (tertiary/aromatic N) is 1. The summed E-state index contributed by atoms with van der Waals surface area (Å²) in [5, 5.41) is 66.8. The van der Waals surface area contributed by atoms with E-state index in [4.69, 9.17) is 42.7 Å². The van der Waals surface area contributed by atoms with Crippen LogP contribution in [-0.2, 0) is 47.5 Å². The fourth-order valence-electron chi connectivity index (χ4n) is 8.91. The molecule has 58 heavy (non-hydrogen) atoms. The van der Waals surface area contributed by atoms with Gasteiger partial charge in [-0.3, -0.25) is 4.79 Å². The average molecular weight is 837 g/mol. The van der Waals surface area contributed by atoms with Crippen molar-refractivity contribution in [1.82, 2.24) is 5.32 Å². The van der Waals surface area contributed by atoms with E-state index in [1.165, 1.54) is 14.0 Å². The molecule has 0 unspecified atom stereocenters. The monoisotopic (exact) mass is 837 g/mol. The minimum Gasteiger partial charge on any atom is -0.459 e. The van der Waals surface area contributed by atoms with Crippen LogP contribution in [0.5, 0.6) is 0 Å². The molecule has 0 radical (unpaired) electrons. The van der Waals surface area contributed by atoms with Crippen LogP contribution in [0.4, 0.5) is 0 Å². The molecule has 17 nitrogen and oxygen atoms in total. The second kappa shape index (κ2) is 22.0. The molecule has 0 saturated carbocycles. The summed E-state index contributed by atoms with van der Waals surface area (Å²) in [4.78, 5) is 19.9. The highest BCUT2D eigenvalue weighted by atomic mass is 16.7. The van der Waals surface area contributed by atoms with Gasteiger partial charge in [0, 0.05) is 44.4 Å². The lowest BCUT2D eigenvalue weighted by atomic mass is 9.73. The standard InChI is InChI=1S/C41H76N2O15/c1-14-29-41(11,49)34(45)24(5)31(43-53-21-52-17-16-50-12)22(3)19-39(9,48)36(58-38-32(44)28(42-15-2)18-23(4)54-38)25(6)33(26(7)37(47)56-29)57-30-20-40(10,51-13)35(46)27(8)55-30/h22-30,32-36,38,42,44-46,48-49H,14-21H2,1-13H3/b43-31+/t22-,23-,24+,25+,26-,27+,28+,29-,30+,32-,33+,34-,35+,36-,38+,39-,40-,41-/m1/s1. The Kier molecular flexibility index (Phi) is 19.2. The summed E-state index contributed by atoms with van der Waals surface area (Å²) in [5.74, 6) is -4.14. The maximum absolute atomic E-state index is 14.3. The van der Waals surface area contributed by atoms with Gasteiger partial charge in [0.2, 0.25) is 6.79 Å². The van der Waals surface area contributed by atoms with Gasteiger partial charge in [-0.25, -0.2) is 0 Å². The number of carbonyl (C=O) groups is 1. The van der Waals surface area contributed by atoms with Crippen molar-refractivity contribution in [3.63, 3.8) is 0 Å². The number of nitrogens with one attached hydrogen (secondary N) is 1. The number of cyclic esters (lactones) is 1. The maximum atomic E-state index is 14.3. The number of ether oxygens (including phenoxy) is 8. The summed E-state index contributed by atoms with van der Waals surface area (Å²) in [6, 6.07) is -0.365. The van der Waals surface area contributed by atoms with E-state index >= 15 is 0 Å². The van der Waals surface area contributed by atoms with Crippen LogP contribution < -0.4 is 5.32 Å². The molecule has 3 fully saturated rings. The van der Waals surface area contributed by atoms with Crippen molar-refractivity contribution in [2.45, 2.75) is 186 Å². The molecule has 0 spiro atoms. The van der Waals surface area contributed by atoms with Crippen LogP contribution in [0.15, 0.2) is 5.16 Å². The first-order chi connectivity index (χ1) is 27.1. The van der Waals surface area contributed by atoms with E-state index < -0.39 is 102 Å². The smallest absolute Gasteiger partial charge is 0.311 e. The van der Waals surface area contributed by atoms with Crippen molar-refractivity contribution in [2.75, 3.05) is 40.8 Å². The lowest BCUT2D eigenvalue weighted by molar-refractivity contribution is -0.316. The summed E-state index contributed by atoms with van der Waals surface area (Å²) in [7, 11) is 3.04. The lowest BCUT2D eigenvalue weighted by Crippen LogP contribution is -2.61. The lowest BCUT2D eigenvalue weighted by Gasteiger charge is -2.49. The van der Waals surface area contributed by atoms with E-state index in [0.29, 0.717) is 25.3 Å². The second-order valence-corrected chi connectivity index (χ2v) is 17.4. The van der Waals surface area contributed by atoms with Gasteiger partial charge in [-0.2, -0.15) is 0 Å². The number of hydrogen-bond acceptors (Lipinski definition) is 17. The largest absolute Gasteiger partial charge is 0.459 e. The number of aliphatic hydroxyl groups is 5. The van der Waals surface area contributed by atoms with Gasteiger partial charge in [0.1, 0.15) is 23.9 Å². The van der Waals surface area contributed by atoms with E-state index in [0.717, 1.165) is 0 Å². The minimum absolute atomic E-state index is 0.0312. The predicted molar refractivity (Wildman–Crippen MR) is 212 cm³/mol. The Balaban J connectivity index is 2.21. The Bertz CT molecular complexity index is 1290. The highest BCUT2D eigenvalue weighted by molar-refractivity contribution is 5.88. The third-order valence-electron chi connectivity index (χ3n) is 12.4. The fourth-order valence-corrected chi connectivity index (χ4v) is 8.91. The van der Waals surface area contributed by atoms with Gasteiger partial charge >= 0.3 is 5.97 Å². The van der Waals surface area contributed by atoms with E-state index in [9.17, 15) is 30.3 Å².